The summed E-state index contributed by atoms with van der Waals surface area (Å²) in [6.45, 7) is 4.81. The van der Waals surface area contributed by atoms with Gasteiger partial charge in [-0.3, -0.25) is 19.5 Å². The number of halogens is 1. The Morgan fingerprint density at radius 1 is 1.44 bits per heavy atom. The fourth-order valence-corrected chi connectivity index (χ4v) is 1.54. The maximum Gasteiger partial charge on any atom is 0.237 e. The van der Waals surface area contributed by atoms with E-state index in [-0.39, 0.29) is 18.0 Å². The maximum atomic E-state index is 11.3. The van der Waals surface area contributed by atoms with Crippen LogP contribution in [0.15, 0.2) is 4.99 Å². The maximum absolute atomic E-state index is 11.3. The molecule has 0 saturated carbocycles. The van der Waals surface area contributed by atoms with E-state index in [1.165, 1.54) is 11.8 Å². The van der Waals surface area contributed by atoms with E-state index in [2.05, 4.69) is 4.99 Å². The molecule has 0 rings (SSSR count). The van der Waals surface area contributed by atoms with Crippen LogP contribution in [-0.4, -0.2) is 34.6 Å². The van der Waals surface area contributed by atoms with Gasteiger partial charge in [-0.15, -0.1) is 0 Å². The van der Waals surface area contributed by atoms with E-state index < -0.39 is 5.91 Å². The summed E-state index contributed by atoms with van der Waals surface area (Å²) in [6.07, 6.45) is 1.63. The van der Waals surface area contributed by atoms with Crippen LogP contribution < -0.4 is 5.73 Å². The molecule has 0 heterocycles. The van der Waals surface area contributed by atoms with Crippen molar-refractivity contribution >= 4 is 29.3 Å². The second-order valence-corrected chi connectivity index (χ2v) is 3.97. The summed E-state index contributed by atoms with van der Waals surface area (Å²) in [6, 6.07) is 0. The van der Waals surface area contributed by atoms with Crippen molar-refractivity contribution in [2.45, 2.75) is 39.1 Å². The lowest BCUT2D eigenvalue weighted by atomic mass is 10.3. The summed E-state index contributed by atoms with van der Waals surface area (Å²) in [5.74, 6) is -0.438. The summed E-state index contributed by atoms with van der Waals surface area (Å²) in [5, 5.41) is 0. The minimum Gasteiger partial charge on any atom is -0.368 e. The van der Waals surface area contributed by atoms with E-state index >= 15 is 0 Å². The number of amidine groups is 1. The van der Waals surface area contributed by atoms with Crippen LogP contribution in [0.2, 0.25) is 0 Å². The molecule has 1 atom stereocenters. The molecule has 5 nitrogen and oxygen atoms in total. The van der Waals surface area contributed by atoms with Crippen molar-refractivity contribution in [1.82, 2.24) is 4.90 Å². The highest BCUT2D eigenvalue weighted by Crippen LogP contribution is 2.08. The molecule has 0 spiro atoms. The molecule has 1 unspecified atom stereocenters. The molecule has 0 radical (unpaired) electrons. The van der Waals surface area contributed by atoms with E-state index in [0.29, 0.717) is 5.84 Å². The molecule has 0 aliphatic rings. The van der Waals surface area contributed by atoms with Gasteiger partial charge in [-0.2, -0.15) is 0 Å². The largest absolute Gasteiger partial charge is 0.368 e. The number of carbonyl (C=O) groups excluding carboxylic acids is 2. The Morgan fingerprint density at radius 3 is 2.38 bits per heavy atom. The predicted molar refractivity (Wildman–Crippen MR) is 64.2 cm³/mol. The average molecular weight is 248 g/mol. The topological polar surface area (TPSA) is 75.8 Å². The highest BCUT2D eigenvalue weighted by Gasteiger charge is 2.15. The zero-order chi connectivity index (χ0) is 12.7. The highest BCUT2D eigenvalue weighted by molar-refractivity contribution is 6.21. The van der Waals surface area contributed by atoms with Crippen LogP contribution in [0.3, 0.4) is 0 Å². The Hall–Kier alpha value is -1.10. The minimum absolute atomic E-state index is 0.166. The van der Waals surface area contributed by atoms with Gasteiger partial charge in [0.15, 0.2) is 0 Å². The smallest absolute Gasteiger partial charge is 0.237 e. The zero-order valence-corrected chi connectivity index (χ0v) is 10.6. The third kappa shape index (κ3) is 5.70. The average Bonchev–Trinajstić information content (AvgIpc) is 2.13. The number of carbonyl (C=O) groups is 2. The van der Waals surface area contributed by atoms with Gasteiger partial charge in [-0.05, 0) is 13.3 Å². The second kappa shape index (κ2) is 7.22. The Labute approximate surface area is 101 Å². The summed E-state index contributed by atoms with van der Waals surface area (Å²) in [4.78, 5) is 27.4. The molecule has 0 bridgehead atoms. The lowest BCUT2D eigenvalue weighted by molar-refractivity contribution is -0.129. The van der Waals surface area contributed by atoms with Crippen LogP contribution in [0.1, 0.15) is 33.6 Å². The van der Waals surface area contributed by atoms with Crippen molar-refractivity contribution < 1.29 is 9.59 Å². The van der Waals surface area contributed by atoms with Gasteiger partial charge in [0.05, 0.1) is 0 Å². The molecule has 0 aliphatic carbocycles. The highest BCUT2D eigenvalue weighted by atomic mass is 35.5. The summed E-state index contributed by atoms with van der Waals surface area (Å²) in [7, 11) is 0. The lowest BCUT2D eigenvalue weighted by Gasteiger charge is -2.19. The summed E-state index contributed by atoms with van der Waals surface area (Å²) in [5.41, 5.74) is 4.66. The Kier molecular flexibility index (Phi) is 6.72. The second-order valence-electron chi connectivity index (χ2n) is 3.47. The van der Waals surface area contributed by atoms with Gasteiger partial charge < -0.3 is 5.73 Å². The fourth-order valence-electron chi connectivity index (χ4n) is 1.18. The number of nitrogens with zero attached hydrogens (tertiary/aromatic N) is 2. The van der Waals surface area contributed by atoms with Gasteiger partial charge in [-0.25, -0.2) is 0 Å². The molecular weight excluding hydrogens is 230 g/mol. The first-order chi connectivity index (χ1) is 7.38. The molecule has 0 aromatic rings. The molecule has 0 aliphatic heterocycles. The van der Waals surface area contributed by atoms with E-state index in [0.717, 1.165) is 12.8 Å². The van der Waals surface area contributed by atoms with Crippen LogP contribution in [0, 0.1) is 0 Å². The number of rotatable bonds is 5. The number of amides is 2. The summed E-state index contributed by atoms with van der Waals surface area (Å²) >= 11 is 5.92. The minimum atomic E-state index is -0.577. The van der Waals surface area contributed by atoms with Crippen molar-refractivity contribution in [3.05, 3.63) is 0 Å². The number of alkyl halides is 1. The molecular formula is C10H18ClN3O2. The molecule has 0 aromatic carbocycles. The van der Waals surface area contributed by atoms with E-state index in [9.17, 15) is 9.59 Å². The molecule has 0 fully saturated rings. The number of aliphatic imine (C=N–C) groups is 1. The van der Waals surface area contributed by atoms with Crippen LogP contribution in [0.5, 0.6) is 0 Å². The lowest BCUT2D eigenvalue weighted by Crippen LogP contribution is -2.40. The van der Waals surface area contributed by atoms with Gasteiger partial charge >= 0.3 is 0 Å². The molecule has 6 heteroatoms. The van der Waals surface area contributed by atoms with Gasteiger partial charge in [0.25, 0.3) is 0 Å². The van der Waals surface area contributed by atoms with Gasteiger partial charge in [0.1, 0.15) is 17.9 Å². The Balaban J connectivity index is 4.65. The van der Waals surface area contributed by atoms with Crippen molar-refractivity contribution in [3.63, 3.8) is 0 Å². The Morgan fingerprint density at radius 2 is 2.00 bits per heavy atom. The molecule has 0 saturated heterocycles. The standard InChI is InChI=1S/C10H18ClN3O2/c1-4-5-9(11)13-7(2)14(8(3)15)6-10(12)16/h9H,4-6H2,1-3H3,(H2,12,16)/b13-7-. The van der Waals surface area contributed by atoms with E-state index in [4.69, 9.17) is 17.3 Å². The van der Waals surface area contributed by atoms with Crippen LogP contribution in [-0.2, 0) is 9.59 Å². The van der Waals surface area contributed by atoms with Crippen molar-refractivity contribution in [3.8, 4) is 0 Å². The van der Waals surface area contributed by atoms with Crippen molar-refractivity contribution in [2.75, 3.05) is 6.54 Å². The zero-order valence-electron chi connectivity index (χ0n) is 9.86. The van der Waals surface area contributed by atoms with Crippen molar-refractivity contribution in [2.24, 2.45) is 10.7 Å². The van der Waals surface area contributed by atoms with Gasteiger partial charge in [-0.1, -0.05) is 24.9 Å². The monoisotopic (exact) mass is 247 g/mol. The predicted octanol–water partition coefficient (Wildman–Crippen LogP) is 1.10. The first-order valence-corrected chi connectivity index (χ1v) is 5.57. The number of hydrogen-bond acceptors (Lipinski definition) is 3. The first-order valence-electron chi connectivity index (χ1n) is 5.13. The van der Waals surface area contributed by atoms with Crippen LogP contribution >= 0.6 is 11.6 Å². The molecule has 16 heavy (non-hydrogen) atoms. The summed E-state index contributed by atoms with van der Waals surface area (Å²) < 4.78 is 0. The number of nitrogens with two attached hydrogens (primary N) is 1. The number of primary amides is 1. The Bertz CT molecular complexity index is 292. The van der Waals surface area contributed by atoms with Crippen LogP contribution in [0.4, 0.5) is 0 Å². The number of hydrogen-bond donors (Lipinski definition) is 1. The van der Waals surface area contributed by atoms with E-state index in [1.54, 1.807) is 6.92 Å². The fraction of sp³-hybridized carbons (Fsp3) is 0.700. The normalized spacial score (nSPS) is 13.4. The van der Waals surface area contributed by atoms with Gasteiger partial charge in [0.2, 0.25) is 11.8 Å². The molecule has 2 N–H and O–H groups in total. The van der Waals surface area contributed by atoms with E-state index in [1.807, 2.05) is 6.92 Å². The molecule has 0 aromatic heterocycles. The third-order valence-electron chi connectivity index (χ3n) is 1.94. The van der Waals surface area contributed by atoms with Gasteiger partial charge in [0, 0.05) is 6.92 Å². The van der Waals surface area contributed by atoms with Crippen molar-refractivity contribution in [1.29, 1.82) is 0 Å². The SMILES string of the molecule is CCCC(Cl)/N=C(/C)N(CC(N)=O)C(C)=O. The van der Waals surface area contributed by atoms with Crippen LogP contribution in [0.25, 0.3) is 0 Å². The molecule has 2 amide bonds. The third-order valence-corrected chi connectivity index (χ3v) is 2.25. The molecule has 92 valence electrons. The first kappa shape index (κ1) is 14.9. The quantitative estimate of drug-likeness (QED) is 0.342.